The fourth-order valence-electron chi connectivity index (χ4n) is 3.35. The summed E-state index contributed by atoms with van der Waals surface area (Å²) in [5.74, 6) is -1.71. The number of rotatable bonds is 6. The number of benzene rings is 1. The minimum absolute atomic E-state index is 0.0213. The maximum absolute atomic E-state index is 14.3. The molecule has 1 saturated heterocycles. The van der Waals surface area contributed by atoms with Gasteiger partial charge in [0.05, 0.1) is 12.8 Å². The Morgan fingerprint density at radius 3 is 2.85 bits per heavy atom. The number of methoxy groups -OCH3 is 1. The molecule has 146 valence electrons. The van der Waals surface area contributed by atoms with Crippen molar-refractivity contribution >= 4 is 17.2 Å². The van der Waals surface area contributed by atoms with Crippen molar-refractivity contribution in [2.45, 2.75) is 32.2 Å². The quantitative estimate of drug-likeness (QED) is 0.812. The lowest BCUT2D eigenvalue weighted by Crippen LogP contribution is -2.31. The number of halogens is 2. The summed E-state index contributed by atoms with van der Waals surface area (Å²) in [4.78, 5) is 19.5. The molecule has 0 aliphatic carbocycles. The summed E-state index contributed by atoms with van der Waals surface area (Å²) in [7, 11) is 3.37. The summed E-state index contributed by atoms with van der Waals surface area (Å²) in [6.07, 6.45) is 3.24. The van der Waals surface area contributed by atoms with Gasteiger partial charge in [-0.25, -0.2) is 13.8 Å². The Balaban J connectivity index is 1.70. The number of hydrogen-bond acceptors (Lipinski definition) is 5. The van der Waals surface area contributed by atoms with Crippen LogP contribution >= 0.6 is 11.3 Å². The van der Waals surface area contributed by atoms with E-state index in [1.165, 1.54) is 13.5 Å². The summed E-state index contributed by atoms with van der Waals surface area (Å²) < 4.78 is 33.0. The maximum atomic E-state index is 14.3. The van der Waals surface area contributed by atoms with E-state index in [4.69, 9.17) is 4.74 Å². The number of nitrogens with one attached hydrogen (secondary N) is 1. The Morgan fingerprint density at radius 2 is 2.19 bits per heavy atom. The predicted octanol–water partition coefficient (Wildman–Crippen LogP) is 3.62. The molecule has 1 amide bonds. The third-order valence-corrected chi connectivity index (χ3v) is 6.10. The molecule has 0 spiro atoms. The van der Waals surface area contributed by atoms with E-state index < -0.39 is 11.6 Å². The molecule has 1 aromatic carbocycles. The van der Waals surface area contributed by atoms with E-state index >= 15 is 0 Å². The molecule has 1 atom stereocenters. The zero-order valence-corrected chi connectivity index (χ0v) is 16.5. The molecule has 8 heteroatoms. The summed E-state index contributed by atoms with van der Waals surface area (Å²) in [6, 6.07) is 2.53. The largest absolute Gasteiger partial charge is 0.494 e. The normalized spacial score (nSPS) is 17.3. The van der Waals surface area contributed by atoms with Gasteiger partial charge in [0, 0.05) is 24.2 Å². The zero-order chi connectivity index (χ0) is 19.6. The average Bonchev–Trinajstić information content (AvgIpc) is 3.22. The number of carbonyl (C=O) groups is 1. The SMILES string of the molecule is COc1cc(F)c(-c2nc(C)c(C(=O)NCCC3CCCN3C)s2)cc1F. The molecule has 2 aromatic rings. The first-order valence-electron chi connectivity index (χ1n) is 8.90. The van der Waals surface area contributed by atoms with Crippen LogP contribution in [0.2, 0.25) is 0 Å². The number of nitrogens with zero attached hydrogens (tertiary/aromatic N) is 2. The predicted molar refractivity (Wildman–Crippen MR) is 101 cm³/mol. The van der Waals surface area contributed by atoms with Crippen LogP contribution in [0.15, 0.2) is 12.1 Å². The second kappa shape index (κ2) is 8.31. The van der Waals surface area contributed by atoms with Gasteiger partial charge in [-0.1, -0.05) is 0 Å². The first-order valence-corrected chi connectivity index (χ1v) is 9.71. The van der Waals surface area contributed by atoms with E-state index in [1.807, 2.05) is 0 Å². The second-order valence-corrected chi connectivity index (χ2v) is 7.72. The number of aryl methyl sites for hydroxylation is 1. The number of hydrogen-bond donors (Lipinski definition) is 1. The molecule has 1 aliphatic rings. The molecule has 1 unspecified atom stereocenters. The smallest absolute Gasteiger partial charge is 0.263 e. The van der Waals surface area contributed by atoms with Crippen LogP contribution in [-0.2, 0) is 0 Å². The molecule has 3 rings (SSSR count). The number of carbonyl (C=O) groups excluding carboxylic acids is 1. The van der Waals surface area contributed by atoms with Crippen molar-refractivity contribution in [1.82, 2.24) is 15.2 Å². The molecule has 0 saturated carbocycles. The summed E-state index contributed by atoms with van der Waals surface area (Å²) >= 11 is 1.06. The zero-order valence-electron chi connectivity index (χ0n) is 15.6. The standard InChI is InChI=1S/C19H23F2N3O2S/c1-11-17(18(25)22-7-6-12-5-4-8-24(12)2)27-19(23-11)13-9-15(21)16(26-3)10-14(13)20/h9-10,12H,4-8H2,1-3H3,(H,22,25). The Labute approximate surface area is 161 Å². The third kappa shape index (κ3) is 4.27. The van der Waals surface area contributed by atoms with Crippen LogP contribution in [0.1, 0.15) is 34.6 Å². The van der Waals surface area contributed by atoms with Gasteiger partial charge in [-0.15, -0.1) is 11.3 Å². The number of likely N-dealkylation sites (tertiary alicyclic amines) is 1. The van der Waals surface area contributed by atoms with Crippen LogP contribution in [0.4, 0.5) is 8.78 Å². The molecule has 1 N–H and O–H groups in total. The second-order valence-electron chi connectivity index (χ2n) is 6.72. The fraction of sp³-hybridized carbons (Fsp3) is 0.474. The number of amides is 1. The van der Waals surface area contributed by atoms with E-state index in [-0.39, 0.29) is 22.2 Å². The monoisotopic (exact) mass is 395 g/mol. The van der Waals surface area contributed by atoms with Crippen LogP contribution in [0.3, 0.4) is 0 Å². The topological polar surface area (TPSA) is 54.5 Å². The van der Waals surface area contributed by atoms with Crippen molar-refractivity contribution in [3.05, 3.63) is 34.3 Å². The van der Waals surface area contributed by atoms with Crippen molar-refractivity contribution in [1.29, 1.82) is 0 Å². The minimum Gasteiger partial charge on any atom is -0.494 e. The summed E-state index contributed by atoms with van der Waals surface area (Å²) in [5, 5.41) is 3.18. The molecule has 0 radical (unpaired) electrons. The summed E-state index contributed by atoms with van der Waals surface area (Å²) in [5.41, 5.74) is 0.522. The third-order valence-electron chi connectivity index (χ3n) is 4.91. The van der Waals surface area contributed by atoms with Crippen LogP contribution in [0.25, 0.3) is 10.6 Å². The Hall–Kier alpha value is -2.06. The molecule has 1 fully saturated rings. The van der Waals surface area contributed by atoms with Crippen molar-refractivity contribution < 1.29 is 18.3 Å². The first-order chi connectivity index (χ1) is 12.9. The van der Waals surface area contributed by atoms with Gasteiger partial charge in [0.2, 0.25) is 0 Å². The molecule has 2 heterocycles. The van der Waals surface area contributed by atoms with E-state index in [9.17, 15) is 13.6 Å². The molecule has 27 heavy (non-hydrogen) atoms. The van der Waals surface area contributed by atoms with Crippen LogP contribution in [0.5, 0.6) is 5.75 Å². The molecular weight excluding hydrogens is 372 g/mol. The highest BCUT2D eigenvalue weighted by Gasteiger charge is 2.22. The van der Waals surface area contributed by atoms with Crippen molar-refractivity contribution in [2.75, 3.05) is 27.2 Å². The number of aromatic nitrogens is 1. The highest BCUT2D eigenvalue weighted by molar-refractivity contribution is 7.17. The number of thiazole rings is 1. The van der Waals surface area contributed by atoms with Gasteiger partial charge in [0.15, 0.2) is 11.6 Å². The van der Waals surface area contributed by atoms with Crippen LogP contribution < -0.4 is 10.1 Å². The summed E-state index contributed by atoms with van der Waals surface area (Å²) in [6.45, 7) is 3.36. The Morgan fingerprint density at radius 1 is 1.41 bits per heavy atom. The number of ether oxygens (including phenoxy) is 1. The van der Waals surface area contributed by atoms with E-state index in [2.05, 4.69) is 22.2 Å². The minimum atomic E-state index is -0.673. The lowest BCUT2D eigenvalue weighted by atomic mass is 10.1. The van der Waals surface area contributed by atoms with E-state index in [0.29, 0.717) is 23.2 Å². The maximum Gasteiger partial charge on any atom is 0.263 e. The van der Waals surface area contributed by atoms with Gasteiger partial charge in [0.1, 0.15) is 15.7 Å². The Bertz CT molecular complexity index is 841. The van der Waals surface area contributed by atoms with Crippen LogP contribution in [0, 0.1) is 18.6 Å². The molecule has 5 nitrogen and oxygen atoms in total. The molecule has 1 aliphatic heterocycles. The highest BCUT2D eigenvalue weighted by atomic mass is 32.1. The van der Waals surface area contributed by atoms with Crippen molar-refractivity contribution in [3.8, 4) is 16.3 Å². The van der Waals surface area contributed by atoms with E-state index in [1.54, 1.807) is 6.92 Å². The van der Waals surface area contributed by atoms with Gasteiger partial charge in [-0.3, -0.25) is 4.79 Å². The first kappa shape index (κ1) is 19.7. The lowest BCUT2D eigenvalue weighted by Gasteiger charge is -2.19. The van der Waals surface area contributed by atoms with Crippen molar-refractivity contribution in [3.63, 3.8) is 0 Å². The van der Waals surface area contributed by atoms with Crippen molar-refractivity contribution in [2.24, 2.45) is 0 Å². The molecule has 0 bridgehead atoms. The fourth-order valence-corrected chi connectivity index (χ4v) is 4.35. The Kier molecular flexibility index (Phi) is 6.06. The van der Waals surface area contributed by atoms with E-state index in [0.717, 1.165) is 42.9 Å². The van der Waals surface area contributed by atoms with Gasteiger partial charge in [-0.2, -0.15) is 0 Å². The molecular formula is C19H23F2N3O2S. The molecule has 1 aromatic heterocycles. The highest BCUT2D eigenvalue weighted by Crippen LogP contribution is 2.33. The lowest BCUT2D eigenvalue weighted by molar-refractivity contribution is 0.0953. The average molecular weight is 395 g/mol. The van der Waals surface area contributed by atoms with Gasteiger partial charge >= 0.3 is 0 Å². The van der Waals surface area contributed by atoms with Crippen LogP contribution in [-0.4, -0.2) is 49.1 Å². The van der Waals surface area contributed by atoms with Gasteiger partial charge in [0.25, 0.3) is 5.91 Å². The van der Waals surface area contributed by atoms with Gasteiger partial charge in [-0.05, 0) is 45.8 Å². The van der Waals surface area contributed by atoms with Gasteiger partial charge < -0.3 is 15.0 Å².